The van der Waals surface area contributed by atoms with Crippen LogP contribution >= 0.6 is 11.3 Å². The molecule has 0 radical (unpaired) electrons. The molecule has 0 unspecified atom stereocenters. The summed E-state index contributed by atoms with van der Waals surface area (Å²) in [6, 6.07) is 8.74. The van der Waals surface area contributed by atoms with Crippen molar-refractivity contribution >= 4 is 32.5 Å². The highest BCUT2D eigenvalue weighted by molar-refractivity contribution is 7.90. The summed E-state index contributed by atoms with van der Waals surface area (Å²) in [5.41, 5.74) is 7.02. The summed E-state index contributed by atoms with van der Waals surface area (Å²) in [6.07, 6.45) is 1.17. The van der Waals surface area contributed by atoms with Gasteiger partial charge in [0.1, 0.15) is 0 Å². The molecule has 2 rings (SSSR count). The molecule has 0 amide bonds. The molecule has 0 aliphatic rings. The molecule has 0 aliphatic carbocycles. The second-order valence-corrected chi connectivity index (χ2v) is 7.00. The molecule has 18 heavy (non-hydrogen) atoms. The first-order valence-electron chi connectivity index (χ1n) is 5.32. The second-order valence-electron chi connectivity index (χ2n) is 3.95. The highest BCUT2D eigenvalue weighted by Crippen LogP contribution is 2.23. The van der Waals surface area contributed by atoms with E-state index < -0.39 is 9.84 Å². The van der Waals surface area contributed by atoms with Gasteiger partial charge in [-0.3, -0.25) is 0 Å². The van der Waals surface area contributed by atoms with Crippen molar-refractivity contribution in [1.82, 2.24) is 0 Å². The highest BCUT2D eigenvalue weighted by Gasteiger charge is 2.09. The van der Waals surface area contributed by atoms with E-state index in [1.807, 2.05) is 17.5 Å². The molecule has 1 aromatic carbocycles. The summed E-state index contributed by atoms with van der Waals surface area (Å²) in [6.45, 7) is 0.681. The average molecular weight is 282 g/mol. The molecule has 0 saturated carbocycles. The van der Waals surface area contributed by atoms with E-state index in [2.05, 4.69) is 5.32 Å². The van der Waals surface area contributed by atoms with Crippen molar-refractivity contribution in [3.63, 3.8) is 0 Å². The van der Waals surface area contributed by atoms with Gasteiger partial charge in [-0.2, -0.15) is 0 Å². The number of hydrogen-bond acceptors (Lipinski definition) is 5. The van der Waals surface area contributed by atoms with E-state index in [1.165, 1.54) is 17.2 Å². The van der Waals surface area contributed by atoms with Crippen LogP contribution in [-0.4, -0.2) is 14.7 Å². The summed E-state index contributed by atoms with van der Waals surface area (Å²) in [5.74, 6) is 0. The van der Waals surface area contributed by atoms with Crippen molar-refractivity contribution in [3.8, 4) is 0 Å². The lowest BCUT2D eigenvalue weighted by Crippen LogP contribution is -2.04. The summed E-state index contributed by atoms with van der Waals surface area (Å²) < 4.78 is 22.7. The van der Waals surface area contributed by atoms with E-state index in [1.54, 1.807) is 23.5 Å². The van der Waals surface area contributed by atoms with Crippen molar-refractivity contribution < 1.29 is 8.42 Å². The third-order valence-corrected chi connectivity index (χ3v) is 4.47. The molecular formula is C12H14N2O2S2. The lowest BCUT2D eigenvalue weighted by Gasteiger charge is -2.09. The third-order valence-electron chi connectivity index (χ3n) is 2.48. The molecule has 3 N–H and O–H groups in total. The van der Waals surface area contributed by atoms with E-state index in [0.717, 1.165) is 5.69 Å². The maximum atomic E-state index is 11.4. The molecule has 1 aromatic heterocycles. The molecular weight excluding hydrogens is 268 g/mol. The van der Waals surface area contributed by atoms with Crippen molar-refractivity contribution in [2.24, 2.45) is 0 Å². The first kappa shape index (κ1) is 12.9. The van der Waals surface area contributed by atoms with Crippen molar-refractivity contribution in [3.05, 3.63) is 40.6 Å². The number of rotatable bonds is 4. The molecule has 0 spiro atoms. The molecule has 4 nitrogen and oxygen atoms in total. The molecule has 6 heteroatoms. The van der Waals surface area contributed by atoms with Gasteiger partial charge in [0.25, 0.3) is 0 Å². The average Bonchev–Trinajstić information content (AvgIpc) is 2.79. The van der Waals surface area contributed by atoms with Crippen molar-refractivity contribution in [1.29, 1.82) is 0 Å². The molecule has 2 aromatic rings. The number of anilines is 2. The Hall–Kier alpha value is -1.53. The van der Waals surface area contributed by atoms with E-state index in [-0.39, 0.29) is 4.90 Å². The monoisotopic (exact) mass is 282 g/mol. The summed E-state index contributed by atoms with van der Waals surface area (Å²) in [4.78, 5) is 1.43. The fourth-order valence-electron chi connectivity index (χ4n) is 1.53. The molecule has 0 aliphatic heterocycles. The van der Waals surface area contributed by atoms with Gasteiger partial charge in [-0.1, -0.05) is 6.07 Å². The zero-order chi connectivity index (χ0) is 13.2. The Kier molecular flexibility index (Phi) is 3.58. The van der Waals surface area contributed by atoms with Crippen LogP contribution in [-0.2, 0) is 16.4 Å². The topological polar surface area (TPSA) is 72.2 Å². The van der Waals surface area contributed by atoms with Crippen molar-refractivity contribution in [2.45, 2.75) is 11.4 Å². The first-order chi connectivity index (χ1) is 8.47. The predicted octanol–water partition coefficient (Wildman–Crippen LogP) is 2.35. The summed E-state index contributed by atoms with van der Waals surface area (Å²) in [7, 11) is -3.21. The van der Waals surface area contributed by atoms with E-state index in [9.17, 15) is 8.42 Å². The van der Waals surface area contributed by atoms with Crippen LogP contribution in [0.15, 0.2) is 40.6 Å². The SMILES string of the molecule is CS(=O)(=O)c1ccc(NCc2cccs2)c(N)c1. The Morgan fingerprint density at radius 3 is 2.67 bits per heavy atom. The van der Waals surface area contributed by atoms with Gasteiger partial charge in [0.2, 0.25) is 0 Å². The lowest BCUT2D eigenvalue weighted by molar-refractivity contribution is 0.602. The fraction of sp³-hybridized carbons (Fsp3) is 0.167. The lowest BCUT2D eigenvalue weighted by atomic mass is 10.2. The van der Waals surface area contributed by atoms with E-state index in [0.29, 0.717) is 12.2 Å². The molecule has 0 bridgehead atoms. The minimum absolute atomic E-state index is 0.238. The number of benzene rings is 1. The van der Waals surface area contributed by atoms with E-state index in [4.69, 9.17) is 5.73 Å². The quantitative estimate of drug-likeness (QED) is 0.844. The van der Waals surface area contributed by atoms with Gasteiger partial charge in [-0.15, -0.1) is 11.3 Å². The van der Waals surface area contributed by atoms with Crippen molar-refractivity contribution in [2.75, 3.05) is 17.3 Å². The number of nitrogens with two attached hydrogens (primary N) is 1. The largest absolute Gasteiger partial charge is 0.397 e. The van der Waals surface area contributed by atoms with Crippen LogP contribution in [0.4, 0.5) is 11.4 Å². The Morgan fingerprint density at radius 2 is 2.11 bits per heavy atom. The predicted molar refractivity (Wildman–Crippen MR) is 75.6 cm³/mol. The zero-order valence-electron chi connectivity index (χ0n) is 9.88. The van der Waals surface area contributed by atoms with Gasteiger partial charge in [0.15, 0.2) is 9.84 Å². The third kappa shape index (κ3) is 3.02. The zero-order valence-corrected chi connectivity index (χ0v) is 11.5. The molecule has 1 heterocycles. The van der Waals surface area contributed by atoms with Crippen LogP contribution in [0.25, 0.3) is 0 Å². The Labute approximate surface area is 110 Å². The fourth-order valence-corrected chi connectivity index (χ4v) is 2.83. The highest BCUT2D eigenvalue weighted by atomic mass is 32.2. The number of sulfone groups is 1. The number of nitrogens with one attached hydrogen (secondary N) is 1. The van der Waals surface area contributed by atoms with Gasteiger partial charge >= 0.3 is 0 Å². The minimum atomic E-state index is -3.21. The van der Waals surface area contributed by atoms with Crippen LogP contribution in [0, 0.1) is 0 Å². The molecule has 0 saturated heterocycles. The Bertz CT molecular complexity index is 634. The number of hydrogen-bond donors (Lipinski definition) is 2. The molecule has 0 atom stereocenters. The van der Waals surface area contributed by atoms with Gasteiger partial charge < -0.3 is 11.1 Å². The van der Waals surface area contributed by atoms with Crippen LogP contribution in [0.1, 0.15) is 4.88 Å². The van der Waals surface area contributed by atoms with Gasteiger partial charge in [0, 0.05) is 17.7 Å². The number of nitrogen functional groups attached to an aromatic ring is 1. The van der Waals surface area contributed by atoms with Gasteiger partial charge in [-0.25, -0.2) is 8.42 Å². The van der Waals surface area contributed by atoms with Gasteiger partial charge in [-0.05, 0) is 29.6 Å². The molecule has 0 fully saturated rings. The Morgan fingerprint density at radius 1 is 1.33 bits per heavy atom. The van der Waals surface area contributed by atoms with Crippen LogP contribution in [0.2, 0.25) is 0 Å². The minimum Gasteiger partial charge on any atom is -0.397 e. The molecule has 96 valence electrons. The standard InChI is InChI=1S/C12H14N2O2S2/c1-18(15,16)10-4-5-12(11(13)7-10)14-8-9-3-2-6-17-9/h2-7,14H,8,13H2,1H3. The first-order valence-corrected chi connectivity index (χ1v) is 8.10. The summed E-state index contributed by atoms with van der Waals surface area (Å²) >= 11 is 1.66. The second kappa shape index (κ2) is 4.99. The maximum Gasteiger partial charge on any atom is 0.175 e. The normalized spacial score (nSPS) is 11.4. The number of thiophene rings is 1. The summed E-state index contributed by atoms with van der Waals surface area (Å²) in [5, 5.41) is 5.19. The van der Waals surface area contributed by atoms with Crippen LogP contribution in [0.3, 0.4) is 0 Å². The smallest absolute Gasteiger partial charge is 0.175 e. The van der Waals surface area contributed by atoms with Crippen LogP contribution < -0.4 is 11.1 Å². The van der Waals surface area contributed by atoms with E-state index >= 15 is 0 Å². The van der Waals surface area contributed by atoms with Gasteiger partial charge in [0.05, 0.1) is 16.3 Å². The van der Waals surface area contributed by atoms with Crippen LogP contribution in [0.5, 0.6) is 0 Å². The maximum absolute atomic E-state index is 11.4. The Balaban J connectivity index is 2.15.